The molecule has 0 aliphatic rings. The van der Waals surface area contributed by atoms with E-state index in [1.54, 1.807) is 40.1 Å². The molecular weight excluding hydrogens is 389 g/mol. The minimum atomic E-state index is -0.267. The van der Waals surface area contributed by atoms with Gasteiger partial charge in [-0.25, -0.2) is 4.39 Å². The molecule has 1 amide bonds. The van der Waals surface area contributed by atoms with E-state index < -0.39 is 0 Å². The van der Waals surface area contributed by atoms with Gasteiger partial charge in [0.25, 0.3) is 0 Å². The molecule has 1 aromatic carbocycles. The largest absolute Gasteiger partial charge is 0.323 e. The standard InChI is InChI=1S/C17H17BrFN5O/c1-12-16(18)9-21-24(12)7-6-17(25)22-15-8-20-23(11-15)10-13-2-4-14(19)5-3-13/h2-5,8-9,11H,6-7,10H2,1H3,(H,22,25). The molecule has 8 heteroatoms. The van der Waals surface area contributed by atoms with Crippen molar-refractivity contribution in [3.8, 4) is 0 Å². The van der Waals surface area contributed by atoms with E-state index in [9.17, 15) is 9.18 Å². The molecule has 0 atom stereocenters. The Morgan fingerprint density at radius 1 is 1.24 bits per heavy atom. The first-order valence-corrected chi connectivity index (χ1v) is 8.55. The number of rotatable bonds is 6. The van der Waals surface area contributed by atoms with Gasteiger partial charge in [0.1, 0.15) is 5.82 Å². The van der Waals surface area contributed by atoms with E-state index in [1.807, 2.05) is 6.92 Å². The first-order chi connectivity index (χ1) is 12.0. The smallest absolute Gasteiger partial charge is 0.226 e. The zero-order valence-corrected chi connectivity index (χ0v) is 15.2. The van der Waals surface area contributed by atoms with E-state index in [1.165, 1.54) is 12.1 Å². The maximum atomic E-state index is 12.9. The quantitative estimate of drug-likeness (QED) is 0.683. The van der Waals surface area contributed by atoms with Crippen LogP contribution in [0.5, 0.6) is 0 Å². The third kappa shape index (κ3) is 4.54. The van der Waals surface area contributed by atoms with E-state index in [2.05, 4.69) is 31.4 Å². The molecule has 0 unspecified atom stereocenters. The lowest BCUT2D eigenvalue weighted by atomic mass is 10.2. The summed E-state index contributed by atoms with van der Waals surface area (Å²) >= 11 is 3.39. The summed E-state index contributed by atoms with van der Waals surface area (Å²) in [5.41, 5.74) is 2.55. The molecule has 0 saturated carbocycles. The van der Waals surface area contributed by atoms with Crippen LogP contribution in [0.25, 0.3) is 0 Å². The van der Waals surface area contributed by atoms with Crippen molar-refractivity contribution < 1.29 is 9.18 Å². The van der Waals surface area contributed by atoms with E-state index in [4.69, 9.17) is 0 Å². The summed E-state index contributed by atoms with van der Waals surface area (Å²) < 4.78 is 17.3. The Balaban J connectivity index is 1.53. The molecule has 2 aromatic heterocycles. The first kappa shape index (κ1) is 17.3. The predicted molar refractivity (Wildman–Crippen MR) is 95.6 cm³/mol. The van der Waals surface area contributed by atoms with Crippen molar-refractivity contribution in [3.63, 3.8) is 0 Å². The minimum Gasteiger partial charge on any atom is -0.323 e. The second kappa shape index (κ2) is 7.60. The van der Waals surface area contributed by atoms with Crippen molar-refractivity contribution in [2.75, 3.05) is 5.32 Å². The lowest BCUT2D eigenvalue weighted by Crippen LogP contribution is -2.15. The number of amides is 1. The lowest BCUT2D eigenvalue weighted by Gasteiger charge is -2.05. The molecule has 2 heterocycles. The predicted octanol–water partition coefficient (Wildman–Crippen LogP) is 3.37. The second-order valence-corrected chi connectivity index (χ2v) is 6.51. The van der Waals surface area contributed by atoms with Crippen molar-refractivity contribution in [2.24, 2.45) is 0 Å². The van der Waals surface area contributed by atoms with Gasteiger partial charge in [0.15, 0.2) is 0 Å². The third-order valence-electron chi connectivity index (χ3n) is 3.77. The van der Waals surface area contributed by atoms with Gasteiger partial charge in [-0.15, -0.1) is 0 Å². The summed E-state index contributed by atoms with van der Waals surface area (Å²) in [5.74, 6) is -0.371. The molecule has 3 rings (SSSR count). The topological polar surface area (TPSA) is 64.7 Å². The van der Waals surface area contributed by atoms with Crippen LogP contribution in [-0.4, -0.2) is 25.5 Å². The molecule has 25 heavy (non-hydrogen) atoms. The van der Waals surface area contributed by atoms with Crippen molar-refractivity contribution in [1.82, 2.24) is 19.6 Å². The third-order valence-corrected chi connectivity index (χ3v) is 4.55. The Morgan fingerprint density at radius 2 is 2.00 bits per heavy atom. The van der Waals surface area contributed by atoms with Gasteiger partial charge in [0.05, 0.1) is 35.6 Å². The van der Waals surface area contributed by atoms with E-state index >= 15 is 0 Å². The zero-order valence-electron chi connectivity index (χ0n) is 13.6. The number of hydrogen-bond acceptors (Lipinski definition) is 3. The van der Waals surface area contributed by atoms with Gasteiger partial charge < -0.3 is 5.32 Å². The Kier molecular flexibility index (Phi) is 5.28. The second-order valence-electron chi connectivity index (χ2n) is 5.65. The summed E-state index contributed by atoms with van der Waals surface area (Å²) in [7, 11) is 0. The number of nitrogens with one attached hydrogen (secondary N) is 1. The van der Waals surface area contributed by atoms with Crippen molar-refractivity contribution in [3.05, 3.63) is 64.4 Å². The molecule has 1 N–H and O–H groups in total. The van der Waals surface area contributed by atoms with E-state index in [-0.39, 0.29) is 11.7 Å². The Hall–Kier alpha value is -2.48. The molecule has 0 spiro atoms. The molecule has 0 bridgehead atoms. The van der Waals surface area contributed by atoms with Gasteiger partial charge in [-0.2, -0.15) is 10.2 Å². The van der Waals surface area contributed by atoms with Crippen molar-refractivity contribution in [2.45, 2.75) is 26.4 Å². The fourth-order valence-corrected chi connectivity index (χ4v) is 2.67. The number of anilines is 1. The van der Waals surface area contributed by atoms with Crippen LogP contribution in [-0.2, 0) is 17.9 Å². The highest BCUT2D eigenvalue weighted by atomic mass is 79.9. The Labute approximate surface area is 152 Å². The fraction of sp³-hybridized carbons (Fsp3) is 0.235. The summed E-state index contributed by atoms with van der Waals surface area (Å²) in [5, 5.41) is 11.2. The van der Waals surface area contributed by atoms with Crippen LogP contribution in [0.4, 0.5) is 10.1 Å². The zero-order chi connectivity index (χ0) is 17.8. The van der Waals surface area contributed by atoms with Gasteiger partial charge in [-0.3, -0.25) is 14.2 Å². The van der Waals surface area contributed by atoms with Crippen LogP contribution in [0.3, 0.4) is 0 Å². The van der Waals surface area contributed by atoms with Crippen LogP contribution in [0.15, 0.2) is 47.3 Å². The number of aromatic nitrogens is 4. The van der Waals surface area contributed by atoms with Gasteiger partial charge in [0.2, 0.25) is 5.91 Å². The van der Waals surface area contributed by atoms with Crippen LogP contribution in [0, 0.1) is 12.7 Å². The number of aryl methyl sites for hydroxylation is 1. The van der Waals surface area contributed by atoms with Gasteiger partial charge in [-0.1, -0.05) is 12.1 Å². The van der Waals surface area contributed by atoms with Crippen LogP contribution in [0.1, 0.15) is 17.7 Å². The Morgan fingerprint density at radius 3 is 2.68 bits per heavy atom. The number of nitrogens with zero attached hydrogens (tertiary/aromatic N) is 4. The molecule has 0 aliphatic heterocycles. The number of hydrogen-bond donors (Lipinski definition) is 1. The molecule has 0 fully saturated rings. The van der Waals surface area contributed by atoms with Crippen LogP contribution < -0.4 is 5.32 Å². The normalized spacial score (nSPS) is 10.8. The molecule has 3 aromatic rings. The maximum Gasteiger partial charge on any atom is 0.226 e. The molecule has 130 valence electrons. The van der Waals surface area contributed by atoms with Crippen molar-refractivity contribution >= 4 is 27.5 Å². The van der Waals surface area contributed by atoms with Crippen LogP contribution in [0.2, 0.25) is 0 Å². The van der Waals surface area contributed by atoms with Gasteiger partial charge in [-0.05, 0) is 40.5 Å². The molecule has 0 saturated heterocycles. The lowest BCUT2D eigenvalue weighted by molar-refractivity contribution is -0.116. The Bertz CT molecular complexity index is 872. The fourth-order valence-electron chi connectivity index (χ4n) is 2.37. The summed E-state index contributed by atoms with van der Waals surface area (Å²) in [4.78, 5) is 12.1. The number of carbonyl (C=O) groups excluding carboxylic acids is 1. The molecule has 0 aliphatic carbocycles. The number of benzene rings is 1. The number of carbonyl (C=O) groups is 1. The summed E-state index contributed by atoms with van der Waals surface area (Å²) in [6.07, 6.45) is 5.37. The molecule has 6 nitrogen and oxygen atoms in total. The van der Waals surface area contributed by atoms with Crippen LogP contribution >= 0.6 is 15.9 Å². The summed E-state index contributed by atoms with van der Waals surface area (Å²) in [6.45, 7) is 2.96. The summed E-state index contributed by atoms with van der Waals surface area (Å²) in [6, 6.07) is 6.24. The van der Waals surface area contributed by atoms with E-state index in [0.29, 0.717) is 25.2 Å². The first-order valence-electron chi connectivity index (χ1n) is 7.76. The van der Waals surface area contributed by atoms with E-state index in [0.717, 1.165) is 15.7 Å². The molecule has 0 radical (unpaired) electrons. The van der Waals surface area contributed by atoms with Gasteiger partial charge >= 0.3 is 0 Å². The average Bonchev–Trinajstić information content (AvgIpc) is 3.15. The maximum absolute atomic E-state index is 12.9. The average molecular weight is 406 g/mol. The highest BCUT2D eigenvalue weighted by Gasteiger charge is 2.08. The monoisotopic (exact) mass is 405 g/mol. The highest BCUT2D eigenvalue weighted by molar-refractivity contribution is 9.10. The van der Waals surface area contributed by atoms with Crippen molar-refractivity contribution in [1.29, 1.82) is 0 Å². The minimum absolute atomic E-state index is 0.104. The SMILES string of the molecule is Cc1c(Br)cnn1CCC(=O)Nc1cnn(Cc2ccc(F)cc2)c1. The number of halogens is 2. The highest BCUT2D eigenvalue weighted by Crippen LogP contribution is 2.15. The van der Waals surface area contributed by atoms with Gasteiger partial charge in [0, 0.05) is 18.3 Å². The molecular formula is C17H17BrFN5O.